The monoisotopic (exact) mass is 254 g/mol. The Kier molecular flexibility index (Phi) is 6.27. The number of non-ortho nitro benzene ring substituents is 1. The number of nitrogens with zero attached hydrogens (tertiary/aromatic N) is 1. The number of rotatable bonds is 8. The van der Waals surface area contributed by atoms with E-state index in [1.54, 1.807) is 12.1 Å². The highest BCUT2D eigenvalue weighted by Gasteiger charge is 2.10. The van der Waals surface area contributed by atoms with Crippen molar-refractivity contribution in [3.8, 4) is 0 Å². The number of nitro benzene ring substituents is 1. The van der Waals surface area contributed by atoms with Gasteiger partial charge in [-0.05, 0) is 12.5 Å². The average molecular weight is 254 g/mol. The Bertz CT molecular complexity index is 384. The quantitative estimate of drug-likeness (QED) is 0.414. The minimum atomic E-state index is -0.402. The molecule has 0 fully saturated rings. The van der Waals surface area contributed by atoms with Crippen molar-refractivity contribution >= 4 is 5.69 Å². The number of benzene rings is 1. The molecule has 1 atom stereocenters. The third kappa shape index (κ3) is 4.79. The van der Waals surface area contributed by atoms with E-state index in [4.69, 9.17) is 9.84 Å². The molecule has 0 saturated carbocycles. The molecule has 1 aromatic carbocycles. The summed E-state index contributed by atoms with van der Waals surface area (Å²) in [6.07, 6.45) is 0. The summed E-state index contributed by atoms with van der Waals surface area (Å²) in [6.45, 7) is 3.40. The van der Waals surface area contributed by atoms with Crippen LogP contribution in [0.1, 0.15) is 18.5 Å². The Labute approximate surface area is 106 Å². The van der Waals surface area contributed by atoms with Gasteiger partial charge in [0.15, 0.2) is 0 Å². The maximum Gasteiger partial charge on any atom is 0.269 e. The molecule has 0 saturated heterocycles. The van der Waals surface area contributed by atoms with Crippen LogP contribution < -0.4 is 5.32 Å². The highest BCUT2D eigenvalue weighted by molar-refractivity contribution is 5.35. The SMILES string of the molecule is CC(NCCOCCO)c1cccc([N+](=O)[O-])c1. The largest absolute Gasteiger partial charge is 0.394 e. The van der Waals surface area contributed by atoms with Gasteiger partial charge < -0.3 is 15.2 Å². The lowest BCUT2D eigenvalue weighted by Gasteiger charge is -2.14. The van der Waals surface area contributed by atoms with Gasteiger partial charge in [0.2, 0.25) is 0 Å². The minimum Gasteiger partial charge on any atom is -0.394 e. The summed E-state index contributed by atoms with van der Waals surface area (Å²) in [5.74, 6) is 0. The van der Waals surface area contributed by atoms with Crippen LogP contribution in [-0.2, 0) is 4.74 Å². The number of nitrogens with one attached hydrogen (secondary N) is 1. The van der Waals surface area contributed by atoms with Crippen molar-refractivity contribution in [1.82, 2.24) is 5.32 Å². The molecule has 1 aromatic rings. The molecule has 0 aromatic heterocycles. The van der Waals surface area contributed by atoms with Gasteiger partial charge in [-0.3, -0.25) is 10.1 Å². The molecule has 0 aliphatic carbocycles. The first-order valence-electron chi connectivity index (χ1n) is 5.81. The Balaban J connectivity index is 2.43. The van der Waals surface area contributed by atoms with Crippen molar-refractivity contribution in [1.29, 1.82) is 0 Å². The first kappa shape index (κ1) is 14.6. The Morgan fingerprint density at radius 1 is 1.50 bits per heavy atom. The molecular weight excluding hydrogens is 236 g/mol. The fourth-order valence-corrected chi connectivity index (χ4v) is 1.54. The van der Waals surface area contributed by atoms with Crippen LogP contribution in [0.4, 0.5) is 5.69 Å². The highest BCUT2D eigenvalue weighted by Crippen LogP contribution is 2.18. The molecule has 0 spiro atoms. The minimum absolute atomic E-state index is 0.0143. The van der Waals surface area contributed by atoms with Crippen molar-refractivity contribution in [2.45, 2.75) is 13.0 Å². The number of nitro groups is 1. The molecule has 1 unspecified atom stereocenters. The third-order valence-corrected chi connectivity index (χ3v) is 2.51. The lowest BCUT2D eigenvalue weighted by atomic mass is 10.1. The van der Waals surface area contributed by atoms with Crippen molar-refractivity contribution in [2.75, 3.05) is 26.4 Å². The predicted molar refractivity (Wildman–Crippen MR) is 67.4 cm³/mol. The highest BCUT2D eigenvalue weighted by atomic mass is 16.6. The van der Waals surface area contributed by atoms with Gasteiger partial charge in [-0.15, -0.1) is 0 Å². The second-order valence-electron chi connectivity index (χ2n) is 3.86. The summed E-state index contributed by atoms with van der Waals surface area (Å²) < 4.78 is 5.11. The molecule has 0 aliphatic rings. The Morgan fingerprint density at radius 2 is 2.28 bits per heavy atom. The van der Waals surface area contributed by atoms with Gasteiger partial charge in [-0.25, -0.2) is 0 Å². The molecule has 1 rings (SSSR count). The lowest BCUT2D eigenvalue weighted by molar-refractivity contribution is -0.384. The summed E-state index contributed by atoms with van der Waals surface area (Å²) in [7, 11) is 0. The van der Waals surface area contributed by atoms with Gasteiger partial charge in [0.05, 0.1) is 24.7 Å². The van der Waals surface area contributed by atoms with Crippen LogP contribution in [-0.4, -0.2) is 36.4 Å². The van der Waals surface area contributed by atoms with Crippen LogP contribution >= 0.6 is 0 Å². The van der Waals surface area contributed by atoms with Gasteiger partial charge in [-0.2, -0.15) is 0 Å². The normalized spacial score (nSPS) is 12.3. The van der Waals surface area contributed by atoms with E-state index in [9.17, 15) is 10.1 Å². The molecular formula is C12H18N2O4. The fraction of sp³-hybridized carbons (Fsp3) is 0.500. The molecule has 0 heterocycles. The summed E-state index contributed by atoms with van der Waals surface area (Å²) in [5, 5.41) is 22.4. The van der Waals surface area contributed by atoms with E-state index < -0.39 is 4.92 Å². The van der Waals surface area contributed by atoms with Gasteiger partial charge in [-0.1, -0.05) is 12.1 Å². The lowest BCUT2D eigenvalue weighted by Crippen LogP contribution is -2.23. The first-order chi connectivity index (χ1) is 8.65. The first-order valence-corrected chi connectivity index (χ1v) is 5.81. The third-order valence-electron chi connectivity index (χ3n) is 2.51. The van der Waals surface area contributed by atoms with E-state index in [1.165, 1.54) is 6.07 Å². The van der Waals surface area contributed by atoms with Gasteiger partial charge in [0, 0.05) is 24.7 Å². The molecule has 18 heavy (non-hydrogen) atoms. The van der Waals surface area contributed by atoms with E-state index in [2.05, 4.69) is 5.32 Å². The van der Waals surface area contributed by atoms with Crippen LogP contribution in [0.15, 0.2) is 24.3 Å². The number of aliphatic hydroxyl groups excluding tert-OH is 1. The molecule has 0 aliphatic heterocycles. The predicted octanol–water partition coefficient (Wildman–Crippen LogP) is 1.25. The smallest absolute Gasteiger partial charge is 0.269 e. The van der Waals surface area contributed by atoms with Gasteiger partial charge >= 0.3 is 0 Å². The number of hydrogen-bond acceptors (Lipinski definition) is 5. The summed E-state index contributed by atoms with van der Waals surface area (Å²) in [5.41, 5.74) is 0.962. The Morgan fingerprint density at radius 3 is 2.94 bits per heavy atom. The van der Waals surface area contributed by atoms with Crippen LogP contribution in [0.25, 0.3) is 0 Å². The van der Waals surface area contributed by atoms with Crippen LogP contribution in [0.2, 0.25) is 0 Å². The molecule has 0 bridgehead atoms. The van der Waals surface area contributed by atoms with Crippen LogP contribution in [0, 0.1) is 10.1 Å². The number of ether oxygens (including phenoxy) is 1. The van der Waals surface area contributed by atoms with Crippen molar-refractivity contribution in [2.24, 2.45) is 0 Å². The average Bonchev–Trinajstić information content (AvgIpc) is 2.38. The fourth-order valence-electron chi connectivity index (χ4n) is 1.54. The maximum absolute atomic E-state index is 10.6. The Hall–Kier alpha value is -1.50. The van der Waals surface area contributed by atoms with E-state index in [0.717, 1.165) is 5.56 Å². The zero-order chi connectivity index (χ0) is 13.4. The molecule has 6 nitrogen and oxygen atoms in total. The molecule has 6 heteroatoms. The van der Waals surface area contributed by atoms with Gasteiger partial charge in [0.1, 0.15) is 0 Å². The van der Waals surface area contributed by atoms with Crippen LogP contribution in [0.3, 0.4) is 0 Å². The summed E-state index contributed by atoms with van der Waals surface area (Å²) >= 11 is 0. The summed E-state index contributed by atoms with van der Waals surface area (Å²) in [4.78, 5) is 10.2. The van der Waals surface area contributed by atoms with Gasteiger partial charge in [0.25, 0.3) is 5.69 Å². The second-order valence-corrected chi connectivity index (χ2v) is 3.86. The molecule has 0 amide bonds. The molecule has 100 valence electrons. The number of hydrogen-bond donors (Lipinski definition) is 2. The van der Waals surface area contributed by atoms with E-state index in [1.807, 2.05) is 13.0 Å². The van der Waals surface area contributed by atoms with Crippen molar-refractivity contribution in [3.63, 3.8) is 0 Å². The standard InChI is InChI=1S/C12H18N2O4/c1-10(13-5-7-18-8-6-15)11-3-2-4-12(9-11)14(16)17/h2-4,9-10,13,15H,5-8H2,1H3. The van der Waals surface area contributed by atoms with E-state index in [-0.39, 0.29) is 18.3 Å². The van der Waals surface area contributed by atoms with E-state index >= 15 is 0 Å². The van der Waals surface area contributed by atoms with E-state index in [0.29, 0.717) is 19.8 Å². The molecule has 0 radical (unpaired) electrons. The van der Waals surface area contributed by atoms with Crippen LogP contribution in [0.5, 0.6) is 0 Å². The topological polar surface area (TPSA) is 84.6 Å². The number of aliphatic hydroxyl groups is 1. The van der Waals surface area contributed by atoms with Crippen molar-refractivity contribution in [3.05, 3.63) is 39.9 Å². The zero-order valence-electron chi connectivity index (χ0n) is 10.3. The second kappa shape index (κ2) is 7.75. The maximum atomic E-state index is 10.6. The van der Waals surface area contributed by atoms with Crippen molar-refractivity contribution < 1.29 is 14.8 Å². The zero-order valence-corrected chi connectivity index (χ0v) is 10.3. The summed E-state index contributed by atoms with van der Waals surface area (Å²) in [6, 6.07) is 6.57. The molecule has 2 N–H and O–H groups in total.